The maximum absolute atomic E-state index is 12.4. The molecule has 3 rings (SSSR count). The second-order valence-electron chi connectivity index (χ2n) is 5.89. The Hall–Kier alpha value is -2.93. The predicted octanol–water partition coefficient (Wildman–Crippen LogP) is 2.60. The molecule has 0 aliphatic carbocycles. The molecule has 2 N–H and O–H groups in total. The Morgan fingerprint density at radius 1 is 1.19 bits per heavy atom. The van der Waals surface area contributed by atoms with E-state index in [-0.39, 0.29) is 11.4 Å². The fraction of sp³-hybridized carbons (Fsp3) is 0.263. The number of carboxylic acid groups (broad SMARTS) is 1. The van der Waals surface area contributed by atoms with Gasteiger partial charge in [-0.1, -0.05) is 23.7 Å². The molecule has 27 heavy (non-hydrogen) atoms. The normalized spacial score (nSPS) is 13.6. The van der Waals surface area contributed by atoms with Gasteiger partial charge in [-0.25, -0.2) is 4.79 Å². The maximum Gasteiger partial charge on any atom is 0.330 e. The van der Waals surface area contributed by atoms with Crippen molar-refractivity contribution < 1.29 is 28.9 Å². The number of hydrogen-bond acceptors (Lipinski definition) is 5. The van der Waals surface area contributed by atoms with Gasteiger partial charge in [-0.05, 0) is 35.4 Å². The molecule has 0 radical (unpaired) electrons. The molecule has 2 aromatic rings. The van der Waals surface area contributed by atoms with Crippen molar-refractivity contribution in [3.63, 3.8) is 0 Å². The molecule has 0 bridgehead atoms. The van der Waals surface area contributed by atoms with Crippen molar-refractivity contribution in [2.24, 2.45) is 0 Å². The molecule has 0 saturated carbocycles. The summed E-state index contributed by atoms with van der Waals surface area (Å²) in [5, 5.41) is 12.3. The molecular weight excluding hydrogens is 374 g/mol. The lowest BCUT2D eigenvalue weighted by molar-refractivity contribution is -0.141. The highest BCUT2D eigenvalue weighted by Gasteiger charge is 2.23. The van der Waals surface area contributed by atoms with Crippen LogP contribution >= 0.6 is 11.6 Å². The summed E-state index contributed by atoms with van der Waals surface area (Å²) in [4.78, 5) is 24.0. The van der Waals surface area contributed by atoms with E-state index in [1.165, 1.54) is 13.2 Å². The third-order valence-corrected chi connectivity index (χ3v) is 4.33. The highest BCUT2D eigenvalue weighted by Crippen LogP contribution is 2.31. The summed E-state index contributed by atoms with van der Waals surface area (Å²) < 4.78 is 16.0. The molecule has 1 unspecified atom stereocenters. The molecular formula is C19H18ClNO6. The van der Waals surface area contributed by atoms with E-state index in [1.807, 2.05) is 0 Å². The Bertz CT molecular complexity index is 869. The van der Waals surface area contributed by atoms with Crippen LogP contribution in [0.5, 0.6) is 17.2 Å². The van der Waals surface area contributed by atoms with Gasteiger partial charge in [0.05, 0.1) is 18.6 Å². The quantitative estimate of drug-likeness (QED) is 0.786. The zero-order valence-corrected chi connectivity index (χ0v) is 15.3. The molecule has 8 heteroatoms. The summed E-state index contributed by atoms with van der Waals surface area (Å²) in [6.45, 7) is 0.930. The second kappa shape index (κ2) is 8.18. The SMILES string of the molecule is COc1ccc(C(NC(=O)Cc2ccc3c(c2)OCCO3)C(=O)O)cc1Cl. The molecule has 0 fully saturated rings. The summed E-state index contributed by atoms with van der Waals surface area (Å²) >= 11 is 6.06. The molecule has 7 nitrogen and oxygen atoms in total. The van der Waals surface area contributed by atoms with Crippen molar-refractivity contribution in [2.45, 2.75) is 12.5 Å². The van der Waals surface area contributed by atoms with Crippen molar-refractivity contribution >= 4 is 23.5 Å². The predicted molar refractivity (Wildman–Crippen MR) is 97.7 cm³/mol. The van der Waals surface area contributed by atoms with E-state index in [1.54, 1.807) is 30.3 Å². The van der Waals surface area contributed by atoms with Crippen LogP contribution in [0.3, 0.4) is 0 Å². The number of amides is 1. The first-order valence-electron chi connectivity index (χ1n) is 8.22. The number of ether oxygens (including phenoxy) is 3. The van der Waals surface area contributed by atoms with E-state index in [9.17, 15) is 14.7 Å². The zero-order valence-electron chi connectivity index (χ0n) is 14.5. The van der Waals surface area contributed by atoms with Gasteiger partial charge in [-0.15, -0.1) is 0 Å². The third kappa shape index (κ3) is 4.43. The van der Waals surface area contributed by atoms with E-state index in [2.05, 4.69) is 5.32 Å². The Labute approximate surface area is 160 Å². The van der Waals surface area contributed by atoms with E-state index in [4.69, 9.17) is 25.8 Å². The average molecular weight is 392 g/mol. The van der Waals surface area contributed by atoms with Crippen LogP contribution in [0.4, 0.5) is 0 Å². The number of carbonyl (C=O) groups excluding carboxylic acids is 1. The minimum Gasteiger partial charge on any atom is -0.495 e. The van der Waals surface area contributed by atoms with Crippen LogP contribution < -0.4 is 19.5 Å². The molecule has 1 heterocycles. The number of aliphatic carboxylic acids is 1. The van der Waals surface area contributed by atoms with Crippen molar-refractivity contribution in [1.82, 2.24) is 5.32 Å². The number of benzene rings is 2. The summed E-state index contributed by atoms with van der Waals surface area (Å²) in [6.07, 6.45) is 0.00427. The number of halogens is 1. The molecule has 1 atom stereocenters. The monoisotopic (exact) mass is 391 g/mol. The van der Waals surface area contributed by atoms with Gasteiger partial charge in [0.2, 0.25) is 5.91 Å². The molecule has 1 amide bonds. The van der Waals surface area contributed by atoms with Gasteiger partial charge in [-0.2, -0.15) is 0 Å². The largest absolute Gasteiger partial charge is 0.495 e. The maximum atomic E-state index is 12.4. The molecule has 1 aliphatic rings. The summed E-state index contributed by atoms with van der Waals surface area (Å²) in [5.41, 5.74) is 1.04. The fourth-order valence-corrected chi connectivity index (χ4v) is 3.01. The Balaban J connectivity index is 1.72. The van der Waals surface area contributed by atoms with Crippen molar-refractivity contribution in [3.8, 4) is 17.2 Å². The Morgan fingerprint density at radius 2 is 1.93 bits per heavy atom. The molecule has 1 aliphatic heterocycles. The Morgan fingerprint density at radius 3 is 2.59 bits per heavy atom. The molecule has 0 saturated heterocycles. The minimum atomic E-state index is -1.22. The van der Waals surface area contributed by atoms with Crippen LogP contribution in [0.2, 0.25) is 5.02 Å². The van der Waals surface area contributed by atoms with Crippen LogP contribution in [0.25, 0.3) is 0 Å². The number of methoxy groups -OCH3 is 1. The first-order chi connectivity index (χ1) is 13.0. The standard InChI is InChI=1S/C19H18ClNO6/c1-25-14-5-3-12(10-13(14)20)18(19(23)24)21-17(22)9-11-2-4-15-16(8-11)27-7-6-26-15/h2-5,8,10,18H,6-7,9H2,1H3,(H,21,22)(H,23,24). The third-order valence-electron chi connectivity index (χ3n) is 4.03. The lowest BCUT2D eigenvalue weighted by Gasteiger charge is -2.19. The van der Waals surface area contributed by atoms with Gasteiger partial charge >= 0.3 is 5.97 Å². The van der Waals surface area contributed by atoms with Crippen LogP contribution in [0.15, 0.2) is 36.4 Å². The molecule has 0 spiro atoms. The van der Waals surface area contributed by atoms with Gasteiger partial charge in [0.1, 0.15) is 19.0 Å². The van der Waals surface area contributed by atoms with E-state index < -0.39 is 17.9 Å². The number of hydrogen-bond donors (Lipinski definition) is 2. The highest BCUT2D eigenvalue weighted by atomic mass is 35.5. The second-order valence-corrected chi connectivity index (χ2v) is 6.29. The number of carboxylic acids is 1. The van der Waals surface area contributed by atoms with Crippen LogP contribution in [-0.2, 0) is 16.0 Å². The van der Waals surface area contributed by atoms with Gasteiger partial charge < -0.3 is 24.6 Å². The highest BCUT2D eigenvalue weighted by molar-refractivity contribution is 6.32. The van der Waals surface area contributed by atoms with Crippen LogP contribution in [0, 0.1) is 0 Å². The first kappa shape index (κ1) is 18.8. The van der Waals surface area contributed by atoms with Crippen molar-refractivity contribution in [1.29, 1.82) is 0 Å². The number of fused-ring (bicyclic) bond motifs is 1. The topological polar surface area (TPSA) is 94.1 Å². The summed E-state index contributed by atoms with van der Waals surface area (Å²) in [7, 11) is 1.46. The fourth-order valence-electron chi connectivity index (χ4n) is 2.74. The lowest BCUT2D eigenvalue weighted by Crippen LogP contribution is -2.34. The number of carbonyl (C=O) groups is 2. The van der Waals surface area contributed by atoms with Gasteiger partial charge in [-0.3, -0.25) is 4.79 Å². The van der Waals surface area contributed by atoms with E-state index >= 15 is 0 Å². The molecule has 142 valence electrons. The summed E-state index contributed by atoms with van der Waals surface area (Å²) in [6, 6.07) is 8.53. The molecule has 2 aromatic carbocycles. The van der Waals surface area contributed by atoms with Crippen LogP contribution in [0.1, 0.15) is 17.2 Å². The number of rotatable bonds is 6. The smallest absolute Gasteiger partial charge is 0.330 e. The molecule has 0 aromatic heterocycles. The van der Waals surface area contributed by atoms with Crippen molar-refractivity contribution in [2.75, 3.05) is 20.3 Å². The average Bonchev–Trinajstić information content (AvgIpc) is 2.65. The van der Waals surface area contributed by atoms with Gasteiger partial charge in [0.15, 0.2) is 17.5 Å². The van der Waals surface area contributed by atoms with Crippen LogP contribution in [-0.4, -0.2) is 37.3 Å². The zero-order chi connectivity index (χ0) is 19.4. The summed E-state index contributed by atoms with van der Waals surface area (Å²) in [5.74, 6) is -0.00472. The van der Waals surface area contributed by atoms with Gasteiger partial charge in [0, 0.05) is 0 Å². The number of nitrogens with one attached hydrogen (secondary N) is 1. The van der Waals surface area contributed by atoms with E-state index in [0.29, 0.717) is 41.6 Å². The van der Waals surface area contributed by atoms with Gasteiger partial charge in [0.25, 0.3) is 0 Å². The Kier molecular flexibility index (Phi) is 5.71. The minimum absolute atomic E-state index is 0.00427. The first-order valence-corrected chi connectivity index (χ1v) is 8.60. The van der Waals surface area contributed by atoms with Crippen molar-refractivity contribution in [3.05, 3.63) is 52.5 Å². The lowest BCUT2D eigenvalue weighted by atomic mass is 10.1. The van der Waals surface area contributed by atoms with E-state index in [0.717, 1.165) is 0 Å².